The van der Waals surface area contributed by atoms with Gasteiger partial charge in [-0.25, -0.2) is 4.98 Å². The molecule has 0 spiro atoms. The van der Waals surface area contributed by atoms with Crippen molar-refractivity contribution in [2.75, 3.05) is 5.32 Å². The van der Waals surface area contributed by atoms with Crippen molar-refractivity contribution in [1.29, 1.82) is 0 Å². The van der Waals surface area contributed by atoms with E-state index < -0.39 is 0 Å². The second kappa shape index (κ2) is 6.32. The fraction of sp³-hybridized carbons (Fsp3) is 0.0952. The number of hydrogen-bond acceptors (Lipinski definition) is 2. The van der Waals surface area contributed by atoms with E-state index in [9.17, 15) is 5.11 Å². The third-order valence-electron chi connectivity index (χ3n) is 4.49. The third kappa shape index (κ3) is 2.83. The highest BCUT2D eigenvalue weighted by atomic mass is 16.3. The maximum absolute atomic E-state index is 10.5. The predicted molar refractivity (Wildman–Crippen MR) is 99.6 cm³/mol. The van der Waals surface area contributed by atoms with Crippen molar-refractivity contribution < 1.29 is 10.1 Å². The summed E-state index contributed by atoms with van der Waals surface area (Å²) in [6.07, 6.45) is 1.88. The quantitative estimate of drug-likeness (QED) is 0.525. The third-order valence-corrected chi connectivity index (χ3v) is 4.49. The summed E-state index contributed by atoms with van der Waals surface area (Å²) in [6.45, 7) is 2.07. The van der Waals surface area contributed by atoms with E-state index in [4.69, 9.17) is 0 Å². The van der Waals surface area contributed by atoms with Crippen LogP contribution in [-0.4, -0.2) is 10.1 Å². The molecule has 2 aromatic carbocycles. The molecule has 25 heavy (non-hydrogen) atoms. The molecule has 0 bridgehead atoms. The first kappa shape index (κ1) is 15.3. The number of anilines is 1. The van der Waals surface area contributed by atoms with Crippen LogP contribution >= 0.6 is 0 Å². The summed E-state index contributed by atoms with van der Waals surface area (Å²) in [5, 5.41) is 15.1. The van der Waals surface area contributed by atoms with Crippen molar-refractivity contribution in [3.63, 3.8) is 0 Å². The highest BCUT2D eigenvalue weighted by molar-refractivity contribution is 5.86. The van der Waals surface area contributed by atoms with E-state index in [0.717, 1.165) is 33.5 Å². The molecule has 1 atom stereocenters. The molecule has 0 aliphatic carbocycles. The molecule has 2 aromatic heterocycles. The normalized spacial score (nSPS) is 12.2. The molecule has 0 unspecified atom stereocenters. The second-order valence-electron chi connectivity index (χ2n) is 6.12. The molecule has 2 heterocycles. The van der Waals surface area contributed by atoms with Gasteiger partial charge in [-0.3, -0.25) is 5.32 Å². The number of aryl methyl sites for hydroxylation is 1. The molecule has 4 aromatic rings. The Kier molecular flexibility index (Phi) is 3.86. The van der Waals surface area contributed by atoms with E-state index in [1.807, 2.05) is 54.7 Å². The van der Waals surface area contributed by atoms with Crippen molar-refractivity contribution in [2.24, 2.45) is 0 Å². The van der Waals surface area contributed by atoms with E-state index in [-0.39, 0.29) is 11.8 Å². The van der Waals surface area contributed by atoms with E-state index in [0.29, 0.717) is 0 Å². The van der Waals surface area contributed by atoms with Crippen LogP contribution in [-0.2, 0) is 0 Å². The Morgan fingerprint density at radius 1 is 0.960 bits per heavy atom. The number of pyridine rings is 1. The standard InChI is InChI=1S/C21H19N3O/c1-14-20(15-8-2-4-10-17(15)23-14)21(16-9-3-5-11-18(16)25)24-19-12-6-7-13-22-19/h2-13,21,23,25H,1H3,(H,22,24)/p+1/t21-/m1/s1. The molecule has 0 aliphatic rings. The van der Waals surface area contributed by atoms with Crippen LogP contribution < -0.4 is 10.3 Å². The number of H-pyrrole nitrogens is 2. The van der Waals surface area contributed by atoms with Crippen molar-refractivity contribution in [3.05, 3.63) is 89.7 Å². The van der Waals surface area contributed by atoms with Crippen LogP contribution in [0.15, 0.2) is 72.9 Å². The van der Waals surface area contributed by atoms with Gasteiger partial charge in [0.25, 0.3) is 5.82 Å². The van der Waals surface area contributed by atoms with Crippen LogP contribution in [0.5, 0.6) is 5.75 Å². The Bertz CT molecular complexity index is 1010. The number of para-hydroxylation sites is 2. The summed E-state index contributed by atoms with van der Waals surface area (Å²) in [6, 6.07) is 21.4. The van der Waals surface area contributed by atoms with Gasteiger partial charge >= 0.3 is 0 Å². The SMILES string of the molecule is Cc1[nH]c2ccccc2c1[C@H](Nc1cccc[nH+]1)c1ccccc1O. The molecule has 0 aliphatic heterocycles. The van der Waals surface area contributed by atoms with Crippen LogP contribution in [0.1, 0.15) is 22.9 Å². The van der Waals surface area contributed by atoms with E-state index in [1.54, 1.807) is 6.07 Å². The monoisotopic (exact) mass is 330 g/mol. The number of aromatic hydroxyl groups is 1. The number of phenolic OH excluding ortho intramolecular Hbond substituents is 1. The molecule has 124 valence electrons. The maximum Gasteiger partial charge on any atom is 0.272 e. The lowest BCUT2D eigenvalue weighted by atomic mass is 9.95. The summed E-state index contributed by atoms with van der Waals surface area (Å²) in [5.74, 6) is 1.17. The van der Waals surface area contributed by atoms with Crippen molar-refractivity contribution in [3.8, 4) is 5.75 Å². The molecule has 0 amide bonds. The first-order valence-corrected chi connectivity index (χ1v) is 8.32. The summed E-state index contributed by atoms with van der Waals surface area (Å²) < 4.78 is 0. The van der Waals surface area contributed by atoms with Crippen LogP contribution in [0.3, 0.4) is 0 Å². The molecule has 4 nitrogen and oxygen atoms in total. The maximum atomic E-state index is 10.5. The Hall–Kier alpha value is -3.27. The Labute approximate surface area is 146 Å². The van der Waals surface area contributed by atoms with Gasteiger partial charge < -0.3 is 10.1 Å². The molecule has 0 saturated carbocycles. The highest BCUT2D eigenvalue weighted by Gasteiger charge is 2.27. The zero-order valence-corrected chi connectivity index (χ0v) is 14.0. The van der Waals surface area contributed by atoms with Crippen molar-refractivity contribution >= 4 is 16.7 Å². The average Bonchev–Trinajstić information content (AvgIpc) is 2.97. The van der Waals surface area contributed by atoms with Gasteiger partial charge in [0.2, 0.25) is 0 Å². The van der Waals surface area contributed by atoms with E-state index in [2.05, 4.69) is 34.3 Å². The van der Waals surface area contributed by atoms with Gasteiger partial charge in [-0.2, -0.15) is 0 Å². The first-order chi connectivity index (χ1) is 12.2. The number of aromatic nitrogens is 2. The Balaban J connectivity index is 1.91. The predicted octanol–water partition coefficient (Wildman–Crippen LogP) is 4.20. The minimum Gasteiger partial charge on any atom is -0.507 e. The van der Waals surface area contributed by atoms with E-state index >= 15 is 0 Å². The van der Waals surface area contributed by atoms with Crippen LogP contribution in [0.4, 0.5) is 5.82 Å². The smallest absolute Gasteiger partial charge is 0.272 e. The molecule has 0 saturated heterocycles. The second-order valence-corrected chi connectivity index (χ2v) is 6.12. The number of nitrogens with one attached hydrogen (secondary N) is 3. The molecule has 4 heteroatoms. The van der Waals surface area contributed by atoms with Gasteiger partial charge in [-0.05, 0) is 25.1 Å². The van der Waals surface area contributed by atoms with Gasteiger partial charge in [0.1, 0.15) is 5.75 Å². The number of aromatic amines is 2. The Morgan fingerprint density at radius 2 is 1.72 bits per heavy atom. The topological polar surface area (TPSA) is 62.2 Å². The number of hydrogen-bond donors (Lipinski definition) is 3. The number of phenols is 1. The largest absolute Gasteiger partial charge is 0.507 e. The fourth-order valence-corrected chi connectivity index (χ4v) is 3.35. The first-order valence-electron chi connectivity index (χ1n) is 8.32. The number of benzene rings is 2. The zero-order chi connectivity index (χ0) is 17.2. The summed E-state index contributed by atoms with van der Waals surface area (Å²) in [5.41, 5.74) is 4.15. The minimum absolute atomic E-state index is 0.184. The average molecular weight is 330 g/mol. The molecular weight excluding hydrogens is 310 g/mol. The Morgan fingerprint density at radius 3 is 2.52 bits per heavy atom. The molecule has 0 radical (unpaired) electrons. The molecule has 0 fully saturated rings. The highest BCUT2D eigenvalue weighted by Crippen LogP contribution is 2.37. The molecule has 4 rings (SSSR count). The lowest BCUT2D eigenvalue weighted by molar-refractivity contribution is -0.361. The van der Waals surface area contributed by atoms with Gasteiger partial charge in [0, 0.05) is 33.8 Å². The summed E-state index contributed by atoms with van der Waals surface area (Å²) in [4.78, 5) is 6.67. The van der Waals surface area contributed by atoms with Crippen molar-refractivity contribution in [2.45, 2.75) is 13.0 Å². The van der Waals surface area contributed by atoms with Crippen LogP contribution in [0.2, 0.25) is 0 Å². The summed E-state index contributed by atoms with van der Waals surface area (Å²) >= 11 is 0. The van der Waals surface area contributed by atoms with Gasteiger partial charge in [-0.1, -0.05) is 42.5 Å². The number of fused-ring (bicyclic) bond motifs is 1. The lowest BCUT2D eigenvalue weighted by Gasteiger charge is -2.17. The lowest BCUT2D eigenvalue weighted by Crippen LogP contribution is -2.19. The van der Waals surface area contributed by atoms with E-state index in [1.165, 1.54) is 0 Å². The van der Waals surface area contributed by atoms with Gasteiger partial charge in [-0.15, -0.1) is 0 Å². The molecular formula is C21H20N3O+. The van der Waals surface area contributed by atoms with Crippen LogP contribution in [0.25, 0.3) is 10.9 Å². The van der Waals surface area contributed by atoms with Gasteiger partial charge in [0.15, 0.2) is 6.04 Å². The zero-order valence-electron chi connectivity index (χ0n) is 14.0. The van der Waals surface area contributed by atoms with Crippen molar-refractivity contribution in [1.82, 2.24) is 4.98 Å². The number of rotatable bonds is 4. The van der Waals surface area contributed by atoms with Gasteiger partial charge in [0.05, 0.1) is 6.20 Å². The fourth-order valence-electron chi connectivity index (χ4n) is 3.35. The summed E-state index contributed by atoms with van der Waals surface area (Å²) in [7, 11) is 0. The minimum atomic E-state index is -0.184. The van der Waals surface area contributed by atoms with Crippen LogP contribution in [0, 0.1) is 6.92 Å². The molecule has 4 N–H and O–H groups in total.